The van der Waals surface area contributed by atoms with Crippen LogP contribution in [0, 0.1) is 10.1 Å². The Morgan fingerprint density at radius 3 is 2.00 bits per heavy atom. The molecule has 0 heterocycles. The van der Waals surface area contributed by atoms with Crippen LogP contribution in [0.2, 0.25) is 0 Å². The average Bonchev–Trinajstić information content (AvgIpc) is 2.49. The highest BCUT2D eigenvalue weighted by Gasteiger charge is 2.54. The Labute approximate surface area is 121 Å². The molecule has 0 spiro atoms. The van der Waals surface area contributed by atoms with Crippen molar-refractivity contribution in [3.8, 4) is 0 Å². The second-order valence-corrected chi connectivity index (χ2v) is 4.45. The second kappa shape index (κ2) is 6.47. The summed E-state index contributed by atoms with van der Waals surface area (Å²) in [5, 5.41) is 18.5. The maximum atomic E-state index is 10.6. The molecule has 1 rings (SSSR count). The fraction of sp³-hybridized carbons (Fsp3) is 0.500. The summed E-state index contributed by atoms with van der Waals surface area (Å²) in [4.78, 5) is 10.1. The first kappa shape index (κ1) is 16.8. The van der Waals surface area contributed by atoms with Crippen LogP contribution in [0.5, 0.6) is 0 Å². The van der Waals surface area contributed by atoms with E-state index in [4.69, 9.17) is 25.8 Å². The zero-order chi connectivity index (χ0) is 15.4. The number of hydrogen-bond donors (Lipinski definition) is 1. The topological polar surface area (TPSA) is 91.1 Å². The number of aliphatic hydroxyl groups excluding tert-OH is 1. The van der Waals surface area contributed by atoms with Gasteiger partial charge < -0.3 is 19.3 Å². The Balaban J connectivity index is 3.31. The summed E-state index contributed by atoms with van der Waals surface area (Å²) in [5.41, 5.74) is 0.262. The molecule has 0 saturated heterocycles. The Hall–Kier alpha value is -1.25. The minimum Gasteiger partial charge on any atom is -0.391 e. The van der Waals surface area contributed by atoms with Gasteiger partial charge in [-0.3, -0.25) is 10.1 Å². The number of benzene rings is 1. The van der Waals surface area contributed by atoms with Crippen LogP contribution in [0.25, 0.3) is 0 Å². The van der Waals surface area contributed by atoms with Crippen LogP contribution in [0.3, 0.4) is 0 Å². The summed E-state index contributed by atoms with van der Waals surface area (Å²) < 4.78 is 15.6. The van der Waals surface area contributed by atoms with Crippen molar-refractivity contribution in [2.24, 2.45) is 0 Å². The number of halogens is 1. The van der Waals surface area contributed by atoms with Crippen molar-refractivity contribution in [2.45, 2.75) is 10.8 Å². The van der Waals surface area contributed by atoms with E-state index in [1.165, 1.54) is 45.6 Å². The van der Waals surface area contributed by atoms with Gasteiger partial charge in [-0.2, -0.15) is 0 Å². The fourth-order valence-electron chi connectivity index (χ4n) is 1.87. The molecule has 0 radical (unpaired) electrons. The maximum absolute atomic E-state index is 10.6. The summed E-state index contributed by atoms with van der Waals surface area (Å²) in [6.45, 7) is -0.575. The van der Waals surface area contributed by atoms with Gasteiger partial charge in [-0.05, 0) is 12.1 Å². The molecule has 0 aliphatic rings. The van der Waals surface area contributed by atoms with Gasteiger partial charge in [-0.25, -0.2) is 0 Å². The van der Waals surface area contributed by atoms with Crippen LogP contribution in [0.4, 0.5) is 5.69 Å². The molecule has 1 atom stereocenters. The number of aliphatic hydroxyl groups is 1. The van der Waals surface area contributed by atoms with Crippen molar-refractivity contribution in [3.05, 3.63) is 39.9 Å². The molecule has 1 aromatic rings. The number of nitrogens with zero attached hydrogens (tertiary/aromatic N) is 1. The molecule has 0 aromatic heterocycles. The van der Waals surface area contributed by atoms with Crippen molar-refractivity contribution in [1.82, 2.24) is 0 Å². The average molecular weight is 306 g/mol. The van der Waals surface area contributed by atoms with Crippen molar-refractivity contribution >= 4 is 17.3 Å². The van der Waals surface area contributed by atoms with E-state index >= 15 is 0 Å². The number of non-ortho nitro benzene ring substituents is 1. The second-order valence-electron chi connectivity index (χ2n) is 3.92. The molecule has 0 saturated carbocycles. The Bertz CT molecular complexity index is 453. The van der Waals surface area contributed by atoms with E-state index in [1.54, 1.807) is 0 Å². The van der Waals surface area contributed by atoms with Gasteiger partial charge >= 0.3 is 0 Å². The molecule has 1 aromatic carbocycles. The molecule has 1 unspecified atom stereocenters. The molecule has 20 heavy (non-hydrogen) atoms. The van der Waals surface area contributed by atoms with Crippen LogP contribution < -0.4 is 0 Å². The van der Waals surface area contributed by atoms with E-state index in [9.17, 15) is 15.2 Å². The molecule has 7 nitrogen and oxygen atoms in total. The molecular weight excluding hydrogens is 290 g/mol. The maximum Gasteiger partial charge on any atom is 0.269 e. The predicted molar refractivity (Wildman–Crippen MR) is 71.5 cm³/mol. The van der Waals surface area contributed by atoms with Crippen molar-refractivity contribution in [3.63, 3.8) is 0 Å². The van der Waals surface area contributed by atoms with Gasteiger partial charge in [0.15, 0.2) is 0 Å². The van der Waals surface area contributed by atoms with Gasteiger partial charge in [-0.1, -0.05) is 11.6 Å². The molecule has 0 aliphatic carbocycles. The van der Waals surface area contributed by atoms with Crippen LogP contribution >= 0.6 is 11.6 Å². The van der Waals surface area contributed by atoms with E-state index in [0.29, 0.717) is 5.56 Å². The molecule has 0 bridgehead atoms. The van der Waals surface area contributed by atoms with E-state index < -0.39 is 22.4 Å². The number of methoxy groups -OCH3 is 3. The lowest BCUT2D eigenvalue weighted by atomic mass is 10.00. The number of nitro benzene ring substituents is 1. The highest BCUT2D eigenvalue weighted by Crippen LogP contribution is 2.43. The summed E-state index contributed by atoms with van der Waals surface area (Å²) in [5.74, 6) is -1.65. The number of hydrogen-bond acceptors (Lipinski definition) is 6. The van der Waals surface area contributed by atoms with Gasteiger partial charge in [0.2, 0.25) is 10.8 Å². The van der Waals surface area contributed by atoms with Gasteiger partial charge in [0, 0.05) is 39.0 Å². The van der Waals surface area contributed by atoms with Crippen LogP contribution in [-0.2, 0) is 19.3 Å². The monoisotopic (exact) mass is 305 g/mol. The molecule has 8 heteroatoms. The lowest BCUT2D eigenvalue weighted by molar-refractivity contribution is -0.384. The van der Waals surface area contributed by atoms with Crippen molar-refractivity contribution in [1.29, 1.82) is 0 Å². The SMILES string of the molecule is COC(CO)(OC)C(Cl)(OC)c1ccc([N+](=O)[O-])cc1. The van der Waals surface area contributed by atoms with Crippen molar-refractivity contribution in [2.75, 3.05) is 27.9 Å². The lowest BCUT2D eigenvalue weighted by Gasteiger charge is -2.42. The normalized spacial score (nSPS) is 14.8. The highest BCUT2D eigenvalue weighted by molar-refractivity contribution is 6.23. The smallest absolute Gasteiger partial charge is 0.269 e. The summed E-state index contributed by atoms with van der Waals surface area (Å²) in [6, 6.07) is 5.38. The molecular formula is C12H16ClNO6. The third-order valence-corrected chi connectivity index (χ3v) is 3.75. The quantitative estimate of drug-likeness (QED) is 0.356. The fourth-order valence-corrected chi connectivity index (χ4v) is 2.21. The lowest BCUT2D eigenvalue weighted by Crippen LogP contribution is -2.55. The molecule has 0 aliphatic heterocycles. The van der Waals surface area contributed by atoms with Crippen LogP contribution in [0.1, 0.15) is 5.56 Å². The van der Waals surface area contributed by atoms with Gasteiger partial charge in [0.05, 0.1) is 4.92 Å². The number of rotatable bonds is 7. The minimum atomic E-state index is -1.67. The summed E-state index contributed by atoms with van der Waals surface area (Å²) >= 11 is 6.40. The summed E-state index contributed by atoms with van der Waals surface area (Å²) in [6.07, 6.45) is 0. The molecule has 0 amide bonds. The Morgan fingerprint density at radius 2 is 1.70 bits per heavy atom. The van der Waals surface area contributed by atoms with Gasteiger partial charge in [0.25, 0.3) is 5.69 Å². The Morgan fingerprint density at radius 1 is 1.20 bits per heavy atom. The van der Waals surface area contributed by atoms with Gasteiger partial charge in [-0.15, -0.1) is 0 Å². The first-order valence-corrected chi connectivity index (χ1v) is 5.98. The summed E-state index contributed by atoms with van der Waals surface area (Å²) in [7, 11) is 3.93. The Kier molecular flexibility index (Phi) is 5.43. The number of nitro groups is 1. The minimum absolute atomic E-state index is 0.0895. The third-order valence-electron chi connectivity index (χ3n) is 3.09. The van der Waals surface area contributed by atoms with Crippen LogP contribution in [-0.4, -0.2) is 43.8 Å². The van der Waals surface area contributed by atoms with Crippen LogP contribution in [0.15, 0.2) is 24.3 Å². The van der Waals surface area contributed by atoms with E-state index in [-0.39, 0.29) is 5.69 Å². The number of ether oxygens (including phenoxy) is 3. The molecule has 112 valence electrons. The zero-order valence-corrected chi connectivity index (χ0v) is 12.1. The van der Waals surface area contributed by atoms with E-state index in [2.05, 4.69) is 0 Å². The first-order valence-electron chi connectivity index (χ1n) is 5.61. The van der Waals surface area contributed by atoms with E-state index in [0.717, 1.165) is 0 Å². The first-order chi connectivity index (χ1) is 9.40. The zero-order valence-electron chi connectivity index (χ0n) is 11.3. The predicted octanol–water partition coefficient (Wildman–Crippen LogP) is 1.61. The van der Waals surface area contributed by atoms with Gasteiger partial charge in [0.1, 0.15) is 6.61 Å². The largest absolute Gasteiger partial charge is 0.391 e. The van der Waals surface area contributed by atoms with Crippen molar-refractivity contribution < 1.29 is 24.2 Å². The highest BCUT2D eigenvalue weighted by atomic mass is 35.5. The standard InChI is InChI=1S/C12H16ClNO6/c1-18-11(8-15,19-2)12(13,20-3)9-4-6-10(7-5-9)14(16)17/h4-7,15H,8H2,1-3H3. The molecule has 1 N–H and O–H groups in total. The number of alkyl halides is 1. The van der Waals surface area contributed by atoms with E-state index in [1.807, 2.05) is 0 Å². The third kappa shape index (κ3) is 2.63. The molecule has 0 fully saturated rings.